The Morgan fingerprint density at radius 1 is 1.07 bits per heavy atom. The standard InChI is InChI=1S/C19H11F3N6O/c1-29-16-5-4-14(10-25-16)28-17(11-2-3-13(7-23)24-8-11)27-15-6-12(19(20,21)22)9-26-18(15)28/h2-6,8-10H,1H3/p+1. The number of methoxy groups -OCH3 is 1. The lowest BCUT2D eigenvalue weighted by molar-refractivity contribution is -0.557. The summed E-state index contributed by atoms with van der Waals surface area (Å²) >= 11 is 0. The number of H-pyrrole nitrogens is 1. The van der Waals surface area contributed by atoms with Crippen LogP contribution in [0.2, 0.25) is 0 Å². The molecule has 0 unspecified atom stereocenters. The van der Waals surface area contributed by atoms with Crippen molar-refractivity contribution in [3.05, 3.63) is 60.2 Å². The summed E-state index contributed by atoms with van der Waals surface area (Å²) in [4.78, 5) is 15.2. The number of hydrogen-bond acceptors (Lipinski definition) is 5. The van der Waals surface area contributed by atoms with Crippen molar-refractivity contribution in [3.63, 3.8) is 0 Å². The second-order valence-electron chi connectivity index (χ2n) is 6.00. The van der Waals surface area contributed by atoms with E-state index in [0.717, 1.165) is 12.3 Å². The Bertz CT molecular complexity index is 1220. The summed E-state index contributed by atoms with van der Waals surface area (Å²) in [5.41, 5.74) is 0.949. The quantitative estimate of drug-likeness (QED) is 0.536. The van der Waals surface area contributed by atoms with E-state index in [0.29, 0.717) is 23.0 Å². The Balaban J connectivity index is 1.97. The summed E-state index contributed by atoms with van der Waals surface area (Å²) in [6.07, 6.45) is -0.757. The first kappa shape index (κ1) is 18.4. The van der Waals surface area contributed by atoms with Gasteiger partial charge in [0.1, 0.15) is 23.6 Å². The molecule has 0 bridgehead atoms. The number of alkyl halides is 3. The first-order chi connectivity index (χ1) is 13.9. The van der Waals surface area contributed by atoms with Gasteiger partial charge in [-0.25, -0.2) is 9.97 Å². The molecule has 7 nitrogen and oxygen atoms in total. The number of aromatic nitrogens is 5. The number of nitrogens with zero attached hydrogens (tertiary/aromatic N) is 5. The van der Waals surface area contributed by atoms with Crippen LogP contribution >= 0.6 is 0 Å². The predicted octanol–water partition coefficient (Wildman–Crippen LogP) is 3.20. The van der Waals surface area contributed by atoms with Gasteiger partial charge in [-0.05, 0) is 24.3 Å². The van der Waals surface area contributed by atoms with Gasteiger partial charge < -0.3 is 4.74 Å². The summed E-state index contributed by atoms with van der Waals surface area (Å²) < 4.78 is 46.0. The first-order valence-electron chi connectivity index (χ1n) is 8.28. The average molecular weight is 397 g/mol. The Labute approximate surface area is 162 Å². The van der Waals surface area contributed by atoms with Crippen LogP contribution in [0.5, 0.6) is 5.88 Å². The van der Waals surface area contributed by atoms with Crippen molar-refractivity contribution >= 4 is 11.2 Å². The number of pyridine rings is 3. The number of nitrogens with one attached hydrogen (secondary N) is 1. The molecular formula is C19H12F3N6O+. The van der Waals surface area contributed by atoms with Crippen molar-refractivity contribution in [2.45, 2.75) is 6.18 Å². The van der Waals surface area contributed by atoms with Crippen LogP contribution in [0.15, 0.2) is 48.9 Å². The number of halogens is 3. The molecule has 0 aliphatic heterocycles. The third-order valence-electron chi connectivity index (χ3n) is 4.22. The fraction of sp³-hybridized carbons (Fsp3) is 0.105. The summed E-state index contributed by atoms with van der Waals surface area (Å²) in [5.74, 6) is 0.832. The fourth-order valence-electron chi connectivity index (χ4n) is 2.85. The van der Waals surface area contributed by atoms with Gasteiger partial charge in [-0.3, -0.25) is 4.98 Å². The minimum atomic E-state index is -4.52. The molecule has 4 heterocycles. The first-order valence-corrected chi connectivity index (χ1v) is 8.28. The Morgan fingerprint density at radius 3 is 2.48 bits per heavy atom. The predicted molar refractivity (Wildman–Crippen MR) is 94.9 cm³/mol. The average Bonchev–Trinajstić information content (AvgIpc) is 3.12. The lowest BCUT2D eigenvalue weighted by atomic mass is 10.2. The molecule has 0 spiro atoms. The molecule has 4 rings (SSSR count). The van der Waals surface area contributed by atoms with Crippen LogP contribution in [0.1, 0.15) is 11.3 Å². The number of ether oxygens (including phenoxy) is 1. The highest BCUT2D eigenvalue weighted by Crippen LogP contribution is 2.30. The van der Waals surface area contributed by atoms with Crippen molar-refractivity contribution in [1.29, 1.82) is 5.26 Å². The molecule has 1 N–H and O–H groups in total. The smallest absolute Gasteiger partial charge is 0.419 e. The summed E-state index contributed by atoms with van der Waals surface area (Å²) in [7, 11) is 1.48. The van der Waals surface area contributed by atoms with Crippen molar-refractivity contribution in [2.24, 2.45) is 0 Å². The molecule has 10 heteroatoms. The van der Waals surface area contributed by atoms with Crippen LogP contribution in [-0.4, -0.2) is 27.0 Å². The number of aromatic amines is 1. The van der Waals surface area contributed by atoms with E-state index in [1.807, 2.05) is 6.07 Å². The molecule has 0 atom stereocenters. The van der Waals surface area contributed by atoms with E-state index >= 15 is 0 Å². The third kappa shape index (κ3) is 3.34. The second kappa shape index (κ2) is 6.87. The topological polar surface area (TPSA) is 91.4 Å². The van der Waals surface area contributed by atoms with Crippen LogP contribution in [0.3, 0.4) is 0 Å². The van der Waals surface area contributed by atoms with Gasteiger partial charge in [0, 0.05) is 12.3 Å². The van der Waals surface area contributed by atoms with Gasteiger partial charge in [-0.1, -0.05) is 0 Å². The number of nitriles is 1. The Morgan fingerprint density at radius 2 is 1.90 bits per heavy atom. The molecule has 0 aliphatic carbocycles. The molecule has 0 aliphatic rings. The van der Waals surface area contributed by atoms with E-state index in [1.165, 1.54) is 25.6 Å². The Kier molecular flexibility index (Phi) is 4.35. The SMILES string of the molecule is COc1ccc(-[n+]2c(-c3ccc(C#N)nc3)[nH]c3cc(C(F)(F)F)cnc32)cn1. The molecule has 4 aromatic rings. The van der Waals surface area contributed by atoms with Crippen LogP contribution in [0, 0.1) is 11.3 Å². The van der Waals surface area contributed by atoms with Crippen LogP contribution in [0.4, 0.5) is 13.2 Å². The lowest BCUT2D eigenvalue weighted by Crippen LogP contribution is -2.33. The number of fused-ring (bicyclic) bond motifs is 1. The highest BCUT2D eigenvalue weighted by molar-refractivity contribution is 5.72. The third-order valence-corrected chi connectivity index (χ3v) is 4.22. The molecule has 29 heavy (non-hydrogen) atoms. The molecule has 0 amide bonds. The van der Waals surface area contributed by atoms with E-state index in [4.69, 9.17) is 10.00 Å². The molecule has 0 saturated heterocycles. The molecule has 144 valence electrons. The van der Waals surface area contributed by atoms with Gasteiger partial charge in [0.2, 0.25) is 11.7 Å². The van der Waals surface area contributed by atoms with Crippen molar-refractivity contribution in [3.8, 4) is 29.0 Å². The number of imidazole rings is 1. The maximum absolute atomic E-state index is 13.1. The second-order valence-corrected chi connectivity index (χ2v) is 6.00. The largest absolute Gasteiger partial charge is 0.481 e. The summed E-state index contributed by atoms with van der Waals surface area (Å²) in [6.45, 7) is 0. The van der Waals surface area contributed by atoms with Gasteiger partial charge in [-0.15, -0.1) is 4.98 Å². The fourth-order valence-corrected chi connectivity index (χ4v) is 2.85. The molecule has 0 radical (unpaired) electrons. The van der Waals surface area contributed by atoms with Gasteiger partial charge in [-0.2, -0.15) is 23.0 Å². The molecule has 0 aromatic carbocycles. The van der Waals surface area contributed by atoms with Gasteiger partial charge in [0.15, 0.2) is 5.52 Å². The molecular weight excluding hydrogens is 385 g/mol. The van der Waals surface area contributed by atoms with E-state index in [1.54, 1.807) is 22.8 Å². The monoisotopic (exact) mass is 397 g/mol. The van der Waals surface area contributed by atoms with Crippen molar-refractivity contribution < 1.29 is 22.5 Å². The zero-order valence-corrected chi connectivity index (χ0v) is 14.9. The normalized spacial score (nSPS) is 11.4. The molecule has 0 saturated carbocycles. The maximum atomic E-state index is 13.1. The lowest BCUT2D eigenvalue weighted by Gasteiger charge is -2.05. The van der Waals surface area contributed by atoms with E-state index in [9.17, 15) is 13.2 Å². The highest BCUT2D eigenvalue weighted by Gasteiger charge is 2.34. The molecule has 4 aromatic heterocycles. The van der Waals surface area contributed by atoms with Crippen LogP contribution in [-0.2, 0) is 6.18 Å². The van der Waals surface area contributed by atoms with Crippen molar-refractivity contribution in [2.75, 3.05) is 7.11 Å². The van der Waals surface area contributed by atoms with Crippen LogP contribution < -0.4 is 9.30 Å². The molecule has 0 fully saturated rings. The zero-order valence-electron chi connectivity index (χ0n) is 14.9. The van der Waals surface area contributed by atoms with E-state index in [-0.39, 0.29) is 16.9 Å². The summed E-state index contributed by atoms with van der Waals surface area (Å²) in [5, 5.41) is 8.94. The Hall–Kier alpha value is -4.00. The van der Waals surface area contributed by atoms with E-state index < -0.39 is 11.7 Å². The zero-order chi connectivity index (χ0) is 20.6. The minimum Gasteiger partial charge on any atom is -0.481 e. The maximum Gasteiger partial charge on any atom is 0.419 e. The minimum absolute atomic E-state index is 0.190. The van der Waals surface area contributed by atoms with Gasteiger partial charge >= 0.3 is 11.8 Å². The number of hydrogen-bond donors (Lipinski definition) is 1. The van der Waals surface area contributed by atoms with E-state index in [2.05, 4.69) is 19.9 Å². The van der Waals surface area contributed by atoms with Gasteiger partial charge in [0.25, 0.3) is 0 Å². The highest BCUT2D eigenvalue weighted by atomic mass is 19.4. The van der Waals surface area contributed by atoms with Gasteiger partial charge in [0.05, 0.1) is 24.4 Å². The van der Waals surface area contributed by atoms with Crippen molar-refractivity contribution in [1.82, 2.24) is 19.9 Å². The summed E-state index contributed by atoms with van der Waals surface area (Å²) in [6, 6.07) is 9.43. The number of rotatable bonds is 3. The van der Waals surface area contributed by atoms with Crippen LogP contribution in [0.25, 0.3) is 28.2 Å².